The molecule has 0 saturated carbocycles. The van der Waals surface area contributed by atoms with Crippen LogP contribution in [0.25, 0.3) is 0 Å². The molecule has 0 bridgehead atoms. The molecule has 0 atom stereocenters. The average molecular weight is 192 g/mol. The van der Waals surface area contributed by atoms with Gasteiger partial charge in [-0.1, -0.05) is 6.07 Å². The van der Waals surface area contributed by atoms with E-state index in [0.717, 1.165) is 12.2 Å². The lowest BCUT2D eigenvalue weighted by molar-refractivity contribution is 0.296. The Hall–Kier alpha value is -1.02. The van der Waals surface area contributed by atoms with E-state index in [9.17, 15) is 0 Å². The van der Waals surface area contributed by atoms with E-state index in [-0.39, 0.29) is 6.61 Å². The molecule has 1 aliphatic carbocycles. The number of hydrogen-bond donors (Lipinski definition) is 1. The Balaban J connectivity index is 2.45. The Morgan fingerprint density at radius 3 is 2.93 bits per heavy atom. The first kappa shape index (κ1) is 9.53. The van der Waals surface area contributed by atoms with Crippen LogP contribution in [0.2, 0.25) is 0 Å². The molecule has 1 aliphatic rings. The van der Waals surface area contributed by atoms with Gasteiger partial charge in [-0.05, 0) is 48.4 Å². The summed E-state index contributed by atoms with van der Waals surface area (Å²) in [5.74, 6) is 0.930. The summed E-state index contributed by atoms with van der Waals surface area (Å²) in [6, 6.07) is 4.18. The van der Waals surface area contributed by atoms with Crippen molar-refractivity contribution in [1.82, 2.24) is 0 Å². The fourth-order valence-electron chi connectivity index (χ4n) is 2.30. The second-order valence-corrected chi connectivity index (χ2v) is 3.71. The minimum atomic E-state index is 0.201. The van der Waals surface area contributed by atoms with Crippen molar-refractivity contribution >= 4 is 0 Å². The van der Waals surface area contributed by atoms with Crippen molar-refractivity contribution in [2.24, 2.45) is 0 Å². The fourth-order valence-corrected chi connectivity index (χ4v) is 2.30. The molecule has 0 aromatic heterocycles. The van der Waals surface area contributed by atoms with E-state index in [1.54, 1.807) is 7.11 Å². The topological polar surface area (TPSA) is 29.5 Å². The predicted molar refractivity (Wildman–Crippen MR) is 55.8 cm³/mol. The van der Waals surface area contributed by atoms with Gasteiger partial charge >= 0.3 is 0 Å². The first-order valence-electron chi connectivity index (χ1n) is 5.15. The Labute approximate surface area is 84.5 Å². The van der Waals surface area contributed by atoms with Crippen LogP contribution in [-0.2, 0) is 19.3 Å². The third kappa shape index (κ3) is 1.50. The average Bonchev–Trinajstić information content (AvgIpc) is 2.67. The summed E-state index contributed by atoms with van der Waals surface area (Å²) in [5, 5.41) is 9.02. The molecule has 0 radical (unpaired) electrons. The van der Waals surface area contributed by atoms with E-state index in [4.69, 9.17) is 9.84 Å². The van der Waals surface area contributed by atoms with Crippen LogP contribution in [0.15, 0.2) is 12.1 Å². The second kappa shape index (κ2) is 4.01. The van der Waals surface area contributed by atoms with Crippen molar-refractivity contribution in [2.75, 3.05) is 13.7 Å². The van der Waals surface area contributed by atoms with Crippen molar-refractivity contribution in [1.29, 1.82) is 0 Å². The Bertz CT molecular complexity index is 331. The third-order valence-corrected chi connectivity index (χ3v) is 2.94. The number of methoxy groups -OCH3 is 1. The zero-order valence-corrected chi connectivity index (χ0v) is 8.55. The molecule has 0 heterocycles. The van der Waals surface area contributed by atoms with E-state index in [2.05, 4.69) is 6.07 Å². The molecule has 1 N–H and O–H groups in total. The van der Waals surface area contributed by atoms with Crippen LogP contribution in [0, 0.1) is 0 Å². The number of benzene rings is 1. The lowest BCUT2D eigenvalue weighted by Crippen LogP contribution is -2.00. The molecule has 2 rings (SSSR count). The van der Waals surface area contributed by atoms with Gasteiger partial charge in [-0.25, -0.2) is 0 Å². The highest BCUT2D eigenvalue weighted by Gasteiger charge is 2.17. The summed E-state index contributed by atoms with van der Waals surface area (Å²) in [7, 11) is 1.69. The number of aryl methyl sites for hydroxylation is 1. The molecule has 0 unspecified atom stereocenters. The van der Waals surface area contributed by atoms with Crippen LogP contribution in [0.1, 0.15) is 23.1 Å². The van der Waals surface area contributed by atoms with Crippen LogP contribution in [-0.4, -0.2) is 18.8 Å². The normalized spacial score (nSPS) is 14.1. The molecular formula is C12H16O2. The van der Waals surface area contributed by atoms with Gasteiger partial charge in [0.15, 0.2) is 0 Å². The van der Waals surface area contributed by atoms with Gasteiger partial charge in [0.25, 0.3) is 0 Å². The van der Waals surface area contributed by atoms with Crippen LogP contribution in [0.4, 0.5) is 0 Å². The summed E-state index contributed by atoms with van der Waals surface area (Å²) in [6.07, 6.45) is 4.27. The van der Waals surface area contributed by atoms with Crippen molar-refractivity contribution in [3.8, 4) is 5.75 Å². The van der Waals surface area contributed by atoms with Crippen molar-refractivity contribution in [3.63, 3.8) is 0 Å². The van der Waals surface area contributed by atoms with Gasteiger partial charge in [-0.3, -0.25) is 0 Å². The largest absolute Gasteiger partial charge is 0.496 e. The van der Waals surface area contributed by atoms with Gasteiger partial charge in [-0.15, -0.1) is 0 Å². The van der Waals surface area contributed by atoms with Gasteiger partial charge in [0, 0.05) is 6.61 Å². The smallest absolute Gasteiger partial charge is 0.122 e. The monoisotopic (exact) mass is 192 g/mol. The van der Waals surface area contributed by atoms with Crippen molar-refractivity contribution in [3.05, 3.63) is 28.8 Å². The molecule has 0 aliphatic heterocycles. The summed E-state index contributed by atoms with van der Waals surface area (Å²) in [6.45, 7) is 0.201. The number of hydrogen-bond acceptors (Lipinski definition) is 2. The van der Waals surface area contributed by atoms with E-state index in [1.165, 1.54) is 29.5 Å². The maximum absolute atomic E-state index is 9.02. The summed E-state index contributed by atoms with van der Waals surface area (Å²) < 4.78 is 5.31. The molecule has 1 aromatic carbocycles. The van der Waals surface area contributed by atoms with E-state index < -0.39 is 0 Å². The molecule has 76 valence electrons. The Morgan fingerprint density at radius 2 is 2.21 bits per heavy atom. The number of aliphatic hydroxyl groups excluding tert-OH is 1. The highest BCUT2D eigenvalue weighted by molar-refractivity contribution is 5.47. The SMILES string of the molecule is COc1ccc2c(c1CCO)CCC2. The predicted octanol–water partition coefficient (Wildman–Crippen LogP) is 1.72. The lowest BCUT2D eigenvalue weighted by atomic mass is 10.00. The maximum atomic E-state index is 9.02. The summed E-state index contributed by atoms with van der Waals surface area (Å²) in [5.41, 5.74) is 4.07. The molecule has 1 aromatic rings. The highest BCUT2D eigenvalue weighted by Crippen LogP contribution is 2.31. The number of aliphatic hydroxyl groups is 1. The Kier molecular flexibility index (Phi) is 2.73. The van der Waals surface area contributed by atoms with Gasteiger partial charge in [0.1, 0.15) is 5.75 Å². The number of rotatable bonds is 3. The van der Waals surface area contributed by atoms with Crippen LogP contribution < -0.4 is 4.74 Å². The van der Waals surface area contributed by atoms with Gasteiger partial charge in [0.2, 0.25) is 0 Å². The molecule has 14 heavy (non-hydrogen) atoms. The zero-order valence-electron chi connectivity index (χ0n) is 8.55. The minimum Gasteiger partial charge on any atom is -0.496 e. The highest BCUT2D eigenvalue weighted by atomic mass is 16.5. The van der Waals surface area contributed by atoms with Gasteiger partial charge in [0.05, 0.1) is 7.11 Å². The molecule has 0 spiro atoms. The van der Waals surface area contributed by atoms with Crippen LogP contribution >= 0.6 is 0 Å². The zero-order chi connectivity index (χ0) is 9.97. The fraction of sp³-hybridized carbons (Fsp3) is 0.500. The lowest BCUT2D eigenvalue weighted by Gasteiger charge is -2.12. The Morgan fingerprint density at radius 1 is 1.36 bits per heavy atom. The van der Waals surface area contributed by atoms with Crippen LogP contribution in [0.5, 0.6) is 5.75 Å². The minimum absolute atomic E-state index is 0.201. The molecule has 2 nitrogen and oxygen atoms in total. The number of ether oxygens (including phenoxy) is 1. The maximum Gasteiger partial charge on any atom is 0.122 e. The van der Waals surface area contributed by atoms with Gasteiger partial charge in [-0.2, -0.15) is 0 Å². The summed E-state index contributed by atoms with van der Waals surface area (Å²) in [4.78, 5) is 0. The van der Waals surface area contributed by atoms with Crippen LogP contribution in [0.3, 0.4) is 0 Å². The standard InChI is InChI=1S/C12H16O2/c1-14-12-6-5-9-3-2-4-10(9)11(12)7-8-13/h5-6,13H,2-4,7-8H2,1H3. The quantitative estimate of drug-likeness (QED) is 0.790. The second-order valence-electron chi connectivity index (χ2n) is 3.71. The van der Waals surface area contributed by atoms with E-state index in [0.29, 0.717) is 6.42 Å². The molecule has 0 amide bonds. The van der Waals surface area contributed by atoms with Gasteiger partial charge < -0.3 is 9.84 Å². The molecule has 0 saturated heterocycles. The molecule has 2 heteroatoms. The third-order valence-electron chi connectivity index (χ3n) is 2.94. The van der Waals surface area contributed by atoms with Crippen molar-refractivity contribution in [2.45, 2.75) is 25.7 Å². The first-order chi connectivity index (χ1) is 6.86. The molecular weight excluding hydrogens is 176 g/mol. The number of fused-ring (bicyclic) bond motifs is 1. The summed E-state index contributed by atoms with van der Waals surface area (Å²) >= 11 is 0. The van der Waals surface area contributed by atoms with E-state index in [1.807, 2.05) is 6.07 Å². The first-order valence-corrected chi connectivity index (χ1v) is 5.15. The molecule has 0 fully saturated rings. The van der Waals surface area contributed by atoms with E-state index >= 15 is 0 Å². The van der Waals surface area contributed by atoms with Crippen molar-refractivity contribution < 1.29 is 9.84 Å².